The molecule has 4 aromatic carbocycles. The molecule has 0 aliphatic heterocycles. The fourth-order valence-electron chi connectivity index (χ4n) is 6.41. The van der Waals surface area contributed by atoms with Gasteiger partial charge in [-0.15, -0.1) is 35.7 Å². The van der Waals surface area contributed by atoms with Crippen LogP contribution in [-0.2, 0) is 45.6 Å². The number of pyridine rings is 1. The van der Waals surface area contributed by atoms with E-state index >= 15 is 0 Å². The number of nitrogens with zero attached hydrogens (tertiary/aromatic N) is 4. The molecule has 3 aromatic heterocycles. The van der Waals surface area contributed by atoms with Crippen molar-refractivity contribution >= 4 is 21.8 Å². The topological polar surface area (TPSA) is 44.9 Å². The number of hydrogen-bond acceptors (Lipinski definition) is 3. The van der Waals surface area contributed by atoms with Gasteiger partial charge in [-0.2, -0.15) is 43.6 Å². The first-order valence-electron chi connectivity index (χ1n) is 15.9. The Labute approximate surface area is 303 Å². The van der Waals surface area contributed by atoms with E-state index in [1.54, 1.807) is 44.3 Å². The fourth-order valence-corrected chi connectivity index (χ4v) is 6.41. The maximum Gasteiger partial charge on any atom is 2.00 e. The van der Waals surface area contributed by atoms with E-state index in [0.717, 1.165) is 33.4 Å². The number of hydrogen-bond donors (Lipinski definition) is 0. The van der Waals surface area contributed by atoms with E-state index in [4.69, 9.17) is 4.74 Å². The molecule has 12 heteroatoms. The Balaban J connectivity index is 0.00000448. The molecule has 0 unspecified atom stereocenters. The summed E-state index contributed by atoms with van der Waals surface area (Å²) in [7, 11) is 0. The van der Waals surface area contributed by atoms with Crippen LogP contribution in [0.2, 0.25) is 0 Å². The first-order chi connectivity index (χ1) is 23.9. The number of halogens is 6. The quantitative estimate of drug-likeness (QED) is 0.0918. The summed E-state index contributed by atoms with van der Waals surface area (Å²) >= 11 is 0. The Hall–Kier alpha value is -4.92. The second-order valence-electron chi connectivity index (χ2n) is 11.7. The summed E-state index contributed by atoms with van der Waals surface area (Å²) in [5, 5.41) is 6.49. The second kappa shape index (κ2) is 13.7. The summed E-state index contributed by atoms with van der Waals surface area (Å²) in [5.74, 6) is 1.33. The van der Waals surface area contributed by atoms with Gasteiger partial charge in [-0.3, -0.25) is 4.68 Å². The van der Waals surface area contributed by atoms with Crippen molar-refractivity contribution in [2.75, 3.05) is 0 Å². The average Bonchev–Trinajstić information content (AvgIpc) is 3.62. The Morgan fingerprint density at radius 1 is 0.725 bits per heavy atom. The van der Waals surface area contributed by atoms with Crippen LogP contribution in [-0.4, -0.2) is 19.3 Å². The summed E-state index contributed by atoms with van der Waals surface area (Å²) in [6.07, 6.45) is -8.14. The van der Waals surface area contributed by atoms with Gasteiger partial charge in [-0.25, -0.2) is 4.98 Å². The maximum atomic E-state index is 14.2. The zero-order valence-corrected chi connectivity index (χ0v) is 28.9. The van der Waals surface area contributed by atoms with Gasteiger partial charge in [-0.1, -0.05) is 43.6 Å². The molecule has 3 heterocycles. The van der Waals surface area contributed by atoms with E-state index in [9.17, 15) is 26.3 Å². The summed E-state index contributed by atoms with van der Waals surface area (Å²) in [6.45, 7) is 5.28. The van der Waals surface area contributed by atoms with Crippen LogP contribution in [0.1, 0.15) is 41.9 Å². The van der Waals surface area contributed by atoms with Crippen LogP contribution in [0.5, 0.6) is 11.5 Å². The predicted octanol–water partition coefficient (Wildman–Crippen LogP) is 10.9. The van der Waals surface area contributed by atoms with Gasteiger partial charge >= 0.3 is 32.8 Å². The molecule has 0 radical (unpaired) electrons. The molecule has 0 N–H and O–H groups in total. The van der Waals surface area contributed by atoms with E-state index in [-0.39, 0.29) is 61.7 Å². The minimum Gasteiger partial charge on any atom is -0.509 e. The normalized spacial score (nSPS) is 12.0. The number of aromatic nitrogens is 4. The smallest absolute Gasteiger partial charge is 0.509 e. The Morgan fingerprint density at radius 3 is 2.08 bits per heavy atom. The van der Waals surface area contributed by atoms with Crippen LogP contribution in [0.3, 0.4) is 0 Å². The van der Waals surface area contributed by atoms with E-state index in [1.807, 2.05) is 54.0 Å². The van der Waals surface area contributed by atoms with Gasteiger partial charge < -0.3 is 9.30 Å². The predicted molar refractivity (Wildman–Crippen MR) is 179 cm³/mol. The number of ether oxygens (including phenoxy) is 1. The molecule has 0 spiro atoms. The fraction of sp³-hybridized carbons (Fsp3) is 0.179. The zero-order valence-electron chi connectivity index (χ0n) is 27.4. The van der Waals surface area contributed by atoms with E-state index < -0.39 is 29.0 Å². The van der Waals surface area contributed by atoms with Gasteiger partial charge in [0.15, 0.2) is 0 Å². The van der Waals surface area contributed by atoms with Crippen molar-refractivity contribution in [1.29, 1.82) is 0 Å². The van der Waals surface area contributed by atoms with E-state index in [2.05, 4.69) is 22.2 Å². The van der Waals surface area contributed by atoms with Crippen LogP contribution in [0.15, 0.2) is 91.1 Å². The van der Waals surface area contributed by atoms with Crippen molar-refractivity contribution in [2.45, 2.75) is 46.0 Å². The largest absolute Gasteiger partial charge is 2.00 e. The summed E-state index contributed by atoms with van der Waals surface area (Å²) in [5.41, 5.74) is -0.583. The number of aryl methyl sites for hydroxylation is 2. The van der Waals surface area contributed by atoms with Crippen LogP contribution in [0, 0.1) is 19.1 Å². The average molecular weight is 789 g/mol. The molecule has 0 aliphatic rings. The van der Waals surface area contributed by atoms with Crippen molar-refractivity contribution < 1.29 is 51.5 Å². The third-order valence-corrected chi connectivity index (χ3v) is 8.54. The van der Waals surface area contributed by atoms with Gasteiger partial charge in [0.2, 0.25) is 0 Å². The minimum absolute atomic E-state index is 0. The third-order valence-electron chi connectivity index (χ3n) is 8.54. The van der Waals surface area contributed by atoms with Gasteiger partial charge in [0.05, 0.1) is 16.8 Å². The number of rotatable bonds is 7. The van der Waals surface area contributed by atoms with Crippen molar-refractivity contribution in [1.82, 2.24) is 19.3 Å². The maximum absolute atomic E-state index is 14.2. The molecule has 0 atom stereocenters. The summed E-state index contributed by atoms with van der Waals surface area (Å²) < 4.78 is 95.0. The van der Waals surface area contributed by atoms with E-state index in [0.29, 0.717) is 23.7 Å². The number of para-hydroxylation sites is 1. The molecule has 7 rings (SSSR count). The van der Waals surface area contributed by atoms with Crippen molar-refractivity contribution in [3.05, 3.63) is 131 Å². The van der Waals surface area contributed by atoms with Gasteiger partial charge in [-0.05, 0) is 66.7 Å². The Kier molecular flexibility index (Phi) is 9.61. The molecular weight excluding hydrogens is 761 g/mol. The Morgan fingerprint density at radius 2 is 1.41 bits per heavy atom. The molecule has 0 fully saturated rings. The third kappa shape index (κ3) is 6.54. The van der Waals surface area contributed by atoms with Gasteiger partial charge in [0.1, 0.15) is 5.82 Å². The summed E-state index contributed by atoms with van der Waals surface area (Å²) in [4.78, 5) is 4.59. The molecule has 262 valence electrons. The standard InChI is InChI=1S/C39H28F6N4O.Pd/c1-4-31-37(36-29(38(40,41)42)13-9-14-30(36)39(43,44)45)32(5-2)49(47-31)24-10-8-11-25(21-24)50-26-16-17-28-27-12-6-7-15-33(27)48(34(28)22-26)35-20-23(3)18-19-46-35;/h6-20H,4-5H2,1-3H3;/q-2;+2. The van der Waals surface area contributed by atoms with Crippen molar-refractivity contribution in [2.24, 2.45) is 0 Å². The molecule has 0 saturated heterocycles. The summed E-state index contributed by atoms with van der Waals surface area (Å²) in [6, 6.07) is 29.0. The first kappa shape index (κ1) is 35.9. The van der Waals surface area contributed by atoms with Crippen molar-refractivity contribution in [3.63, 3.8) is 0 Å². The minimum atomic E-state index is -5.03. The molecule has 0 amide bonds. The molecule has 5 nitrogen and oxygen atoms in total. The van der Waals surface area contributed by atoms with Crippen LogP contribution >= 0.6 is 0 Å². The number of fused-ring (bicyclic) bond motifs is 3. The van der Waals surface area contributed by atoms with E-state index in [1.165, 1.54) is 4.68 Å². The molecule has 51 heavy (non-hydrogen) atoms. The SMILES string of the molecule is CCc1nn(-c2[c-]c(Oc3[c-]c4c(cc3)c3ccccc3n4-c3cc(C)ccn3)ccc2)c(CC)c1-c1c(C(F)(F)F)cccc1C(F)(F)F.[Pd+2]. The number of benzene rings is 4. The van der Waals surface area contributed by atoms with Gasteiger partial charge in [0.25, 0.3) is 0 Å². The van der Waals surface area contributed by atoms with Crippen LogP contribution in [0.25, 0.3) is 44.4 Å². The molecule has 7 aromatic rings. The Bertz CT molecular complexity index is 2360. The van der Waals surface area contributed by atoms with Gasteiger partial charge in [0, 0.05) is 40.0 Å². The van der Waals surface area contributed by atoms with Crippen LogP contribution in [0.4, 0.5) is 26.3 Å². The second-order valence-corrected chi connectivity index (χ2v) is 11.7. The first-order valence-corrected chi connectivity index (χ1v) is 15.9. The molecule has 0 saturated carbocycles. The zero-order chi connectivity index (χ0) is 35.4. The van der Waals surface area contributed by atoms with Crippen LogP contribution < -0.4 is 4.74 Å². The monoisotopic (exact) mass is 788 g/mol. The molecular formula is C39H28F6N4OPd. The number of alkyl halides is 6. The molecule has 0 aliphatic carbocycles. The van der Waals surface area contributed by atoms with Crippen molar-refractivity contribution in [3.8, 4) is 34.1 Å². The molecule has 0 bridgehead atoms.